The summed E-state index contributed by atoms with van der Waals surface area (Å²) in [4.78, 5) is 11.3. The molecule has 0 saturated heterocycles. The van der Waals surface area contributed by atoms with E-state index < -0.39 is 0 Å². The van der Waals surface area contributed by atoms with E-state index in [2.05, 4.69) is 15.8 Å². The molecule has 0 radical (unpaired) electrons. The number of carbonyl (C=O) groups excluding carboxylic acids is 1. The Balaban J connectivity index is 2.73. The molecule has 2 N–H and O–H groups in total. The Hall–Kier alpha value is -2.90. The minimum absolute atomic E-state index is 0.0389. The zero-order valence-corrected chi connectivity index (χ0v) is 10.2. The lowest BCUT2D eigenvalue weighted by Crippen LogP contribution is -2.17. The van der Waals surface area contributed by atoms with Crippen molar-refractivity contribution in [2.45, 2.75) is 0 Å². The molecule has 0 fully saturated rings. The lowest BCUT2D eigenvalue weighted by molar-refractivity contribution is -0.119. The standard InChI is InChI=1S/C12H11N5O2/c1-19-8-12(18)15-9-3-2-4-10(5-9)16-17-11(6-13)7-14/h2-5,16H,8H2,1H3,(H,15,18). The van der Waals surface area contributed by atoms with Crippen LogP contribution in [-0.2, 0) is 9.53 Å². The van der Waals surface area contributed by atoms with Gasteiger partial charge in [0.1, 0.15) is 18.7 Å². The Kier molecular flexibility index (Phi) is 5.54. The molecule has 1 amide bonds. The van der Waals surface area contributed by atoms with E-state index in [0.29, 0.717) is 11.4 Å². The molecule has 0 bridgehead atoms. The Morgan fingerprint density at radius 2 is 2.05 bits per heavy atom. The molecule has 0 unspecified atom stereocenters. The number of carbonyl (C=O) groups is 1. The smallest absolute Gasteiger partial charge is 0.250 e. The molecule has 1 aromatic carbocycles. The summed E-state index contributed by atoms with van der Waals surface area (Å²) in [7, 11) is 1.43. The van der Waals surface area contributed by atoms with E-state index in [1.165, 1.54) is 7.11 Å². The van der Waals surface area contributed by atoms with Gasteiger partial charge in [0.15, 0.2) is 0 Å². The van der Waals surface area contributed by atoms with E-state index in [1.807, 2.05) is 0 Å². The van der Waals surface area contributed by atoms with Crippen LogP contribution in [0.25, 0.3) is 0 Å². The van der Waals surface area contributed by atoms with Gasteiger partial charge in [0, 0.05) is 12.8 Å². The molecular formula is C12H11N5O2. The highest BCUT2D eigenvalue weighted by Crippen LogP contribution is 2.14. The Morgan fingerprint density at radius 1 is 1.37 bits per heavy atom. The zero-order valence-electron chi connectivity index (χ0n) is 10.2. The first kappa shape index (κ1) is 14.2. The minimum Gasteiger partial charge on any atom is -0.375 e. The van der Waals surface area contributed by atoms with Crippen molar-refractivity contribution in [3.63, 3.8) is 0 Å². The summed E-state index contributed by atoms with van der Waals surface area (Å²) in [6, 6.07) is 9.93. The number of hydrogen-bond acceptors (Lipinski definition) is 6. The van der Waals surface area contributed by atoms with Gasteiger partial charge in [-0.3, -0.25) is 10.2 Å². The molecule has 7 nitrogen and oxygen atoms in total. The van der Waals surface area contributed by atoms with E-state index in [4.69, 9.17) is 15.3 Å². The van der Waals surface area contributed by atoms with Crippen LogP contribution in [0.1, 0.15) is 0 Å². The van der Waals surface area contributed by atoms with Crippen LogP contribution >= 0.6 is 0 Å². The summed E-state index contributed by atoms with van der Waals surface area (Å²) in [6.07, 6.45) is 0. The molecule has 0 heterocycles. The first-order valence-electron chi connectivity index (χ1n) is 5.22. The molecule has 1 aromatic rings. The molecule has 96 valence electrons. The monoisotopic (exact) mass is 257 g/mol. The fourth-order valence-electron chi connectivity index (χ4n) is 1.19. The SMILES string of the molecule is COCC(=O)Nc1cccc(NN=C(C#N)C#N)c1. The molecule has 0 atom stereocenters. The van der Waals surface area contributed by atoms with Gasteiger partial charge in [0.2, 0.25) is 11.6 Å². The third-order valence-corrected chi connectivity index (χ3v) is 1.93. The fourth-order valence-corrected chi connectivity index (χ4v) is 1.19. The van der Waals surface area contributed by atoms with Crippen molar-refractivity contribution >= 4 is 23.0 Å². The average molecular weight is 257 g/mol. The Morgan fingerprint density at radius 3 is 2.68 bits per heavy atom. The lowest BCUT2D eigenvalue weighted by Gasteiger charge is -2.06. The molecule has 7 heteroatoms. The second-order valence-corrected chi connectivity index (χ2v) is 3.36. The van der Waals surface area contributed by atoms with Gasteiger partial charge in [-0.05, 0) is 18.2 Å². The van der Waals surface area contributed by atoms with Crippen molar-refractivity contribution in [2.24, 2.45) is 5.10 Å². The highest BCUT2D eigenvalue weighted by atomic mass is 16.5. The number of rotatable bonds is 5. The Bertz CT molecular complexity index is 552. The van der Waals surface area contributed by atoms with E-state index >= 15 is 0 Å². The predicted octanol–water partition coefficient (Wildman–Crippen LogP) is 1.09. The molecule has 0 aromatic heterocycles. The van der Waals surface area contributed by atoms with Crippen LogP contribution in [0.2, 0.25) is 0 Å². The topological polar surface area (TPSA) is 110 Å². The number of nitriles is 2. The number of hydrogen-bond donors (Lipinski definition) is 2. The molecule has 0 spiro atoms. The number of nitrogens with zero attached hydrogens (tertiary/aromatic N) is 3. The zero-order chi connectivity index (χ0) is 14.1. The van der Waals surface area contributed by atoms with Crippen LogP contribution in [-0.4, -0.2) is 25.3 Å². The summed E-state index contributed by atoms with van der Waals surface area (Å²) >= 11 is 0. The maximum absolute atomic E-state index is 11.3. The van der Waals surface area contributed by atoms with E-state index in [9.17, 15) is 4.79 Å². The van der Waals surface area contributed by atoms with Crippen molar-refractivity contribution in [2.75, 3.05) is 24.5 Å². The second-order valence-electron chi connectivity index (χ2n) is 3.36. The van der Waals surface area contributed by atoms with Gasteiger partial charge in [-0.15, -0.1) is 0 Å². The predicted molar refractivity (Wildman–Crippen MR) is 69.2 cm³/mol. The van der Waals surface area contributed by atoms with Crippen LogP contribution in [0.3, 0.4) is 0 Å². The maximum Gasteiger partial charge on any atom is 0.250 e. The van der Waals surface area contributed by atoms with Crippen LogP contribution in [0.15, 0.2) is 29.4 Å². The van der Waals surface area contributed by atoms with E-state index in [0.717, 1.165) is 0 Å². The van der Waals surface area contributed by atoms with Crippen LogP contribution in [0.4, 0.5) is 11.4 Å². The summed E-state index contributed by atoms with van der Waals surface area (Å²) in [6.45, 7) is -0.0389. The normalized spacial score (nSPS) is 8.79. The van der Waals surface area contributed by atoms with Gasteiger partial charge in [0.25, 0.3) is 0 Å². The third-order valence-electron chi connectivity index (χ3n) is 1.93. The van der Waals surface area contributed by atoms with Crippen molar-refractivity contribution in [3.05, 3.63) is 24.3 Å². The third kappa shape index (κ3) is 4.86. The van der Waals surface area contributed by atoms with Gasteiger partial charge in [-0.1, -0.05) is 6.07 Å². The molecule has 0 aliphatic heterocycles. The molecule has 0 aliphatic carbocycles. The van der Waals surface area contributed by atoms with Crippen molar-refractivity contribution in [1.29, 1.82) is 10.5 Å². The van der Waals surface area contributed by atoms with Gasteiger partial charge in [-0.25, -0.2) is 0 Å². The highest BCUT2D eigenvalue weighted by molar-refractivity contribution is 6.10. The molecule has 19 heavy (non-hydrogen) atoms. The number of ether oxygens (including phenoxy) is 1. The fraction of sp³-hybridized carbons (Fsp3) is 0.167. The lowest BCUT2D eigenvalue weighted by atomic mass is 10.3. The first-order valence-corrected chi connectivity index (χ1v) is 5.22. The molecule has 0 aliphatic rings. The van der Waals surface area contributed by atoms with Crippen molar-refractivity contribution < 1.29 is 9.53 Å². The largest absolute Gasteiger partial charge is 0.375 e. The summed E-state index contributed by atoms with van der Waals surface area (Å²) in [5.74, 6) is -0.280. The molecule has 0 saturated carbocycles. The number of nitrogens with one attached hydrogen (secondary N) is 2. The van der Waals surface area contributed by atoms with Gasteiger partial charge in [0.05, 0.1) is 5.69 Å². The summed E-state index contributed by atoms with van der Waals surface area (Å²) in [5.41, 5.74) is 3.36. The number of methoxy groups -OCH3 is 1. The van der Waals surface area contributed by atoms with Gasteiger partial charge < -0.3 is 10.1 Å². The van der Waals surface area contributed by atoms with Gasteiger partial charge >= 0.3 is 0 Å². The first-order chi connectivity index (χ1) is 9.19. The number of benzene rings is 1. The van der Waals surface area contributed by atoms with E-state index in [-0.39, 0.29) is 18.2 Å². The van der Waals surface area contributed by atoms with Crippen molar-refractivity contribution in [1.82, 2.24) is 0 Å². The van der Waals surface area contributed by atoms with Crippen molar-refractivity contribution in [3.8, 4) is 12.1 Å². The summed E-state index contributed by atoms with van der Waals surface area (Å²) < 4.78 is 4.69. The molecule has 1 rings (SSSR count). The second kappa shape index (κ2) is 7.43. The number of hydrazone groups is 1. The van der Waals surface area contributed by atoms with Crippen LogP contribution in [0.5, 0.6) is 0 Å². The summed E-state index contributed by atoms with van der Waals surface area (Å²) in [5, 5.41) is 23.3. The Labute approximate surface area is 110 Å². The quantitative estimate of drug-likeness (QED) is 0.605. The minimum atomic E-state index is -0.283. The van der Waals surface area contributed by atoms with Gasteiger partial charge in [-0.2, -0.15) is 15.6 Å². The average Bonchev–Trinajstić information content (AvgIpc) is 2.40. The molecular weight excluding hydrogens is 246 g/mol. The van der Waals surface area contributed by atoms with Crippen LogP contribution < -0.4 is 10.7 Å². The highest BCUT2D eigenvalue weighted by Gasteiger charge is 2.02. The van der Waals surface area contributed by atoms with E-state index in [1.54, 1.807) is 36.4 Å². The van der Waals surface area contributed by atoms with Crippen LogP contribution in [0, 0.1) is 22.7 Å². The maximum atomic E-state index is 11.3. The number of anilines is 2. The number of amides is 1.